The van der Waals surface area contributed by atoms with Gasteiger partial charge in [-0.3, -0.25) is 19.6 Å². The van der Waals surface area contributed by atoms with Crippen molar-refractivity contribution in [3.8, 4) is 0 Å². The lowest BCUT2D eigenvalue weighted by atomic mass is 10.1. The molecule has 1 aliphatic rings. The first kappa shape index (κ1) is 20.5. The molecule has 0 saturated carbocycles. The third-order valence-corrected chi connectivity index (χ3v) is 5.56. The molecule has 0 radical (unpaired) electrons. The van der Waals surface area contributed by atoms with Crippen LogP contribution in [0.1, 0.15) is 33.7 Å². The number of nitrogens with one attached hydrogen (secondary N) is 1. The van der Waals surface area contributed by atoms with Crippen molar-refractivity contribution in [1.29, 1.82) is 0 Å². The number of hydrogen-bond acceptors (Lipinski definition) is 6. The number of rotatable bonds is 6. The number of nitro groups is 1. The van der Waals surface area contributed by atoms with Crippen LogP contribution in [0.3, 0.4) is 0 Å². The second-order valence-corrected chi connectivity index (χ2v) is 7.73. The zero-order chi connectivity index (χ0) is 22.0. The van der Waals surface area contributed by atoms with Gasteiger partial charge < -0.3 is 10.2 Å². The Morgan fingerprint density at radius 1 is 1.23 bits per heavy atom. The average molecular weight is 420 g/mol. The van der Waals surface area contributed by atoms with Gasteiger partial charge in [0.15, 0.2) is 0 Å². The molecule has 1 unspecified atom stereocenters. The highest BCUT2D eigenvalue weighted by Crippen LogP contribution is 2.22. The van der Waals surface area contributed by atoms with E-state index in [1.54, 1.807) is 6.07 Å². The molecule has 2 aromatic heterocycles. The molecule has 1 N–H and O–H groups in total. The zero-order valence-electron chi connectivity index (χ0n) is 17.5. The molecular formula is C22H24N6O3. The van der Waals surface area contributed by atoms with Crippen LogP contribution in [-0.2, 0) is 6.54 Å². The molecule has 3 aromatic rings. The fourth-order valence-corrected chi connectivity index (χ4v) is 3.93. The van der Waals surface area contributed by atoms with E-state index in [4.69, 9.17) is 0 Å². The molecule has 31 heavy (non-hydrogen) atoms. The Hall–Kier alpha value is -3.75. The van der Waals surface area contributed by atoms with E-state index >= 15 is 0 Å². The summed E-state index contributed by atoms with van der Waals surface area (Å²) in [6, 6.07) is 13.1. The quantitative estimate of drug-likeness (QED) is 0.485. The van der Waals surface area contributed by atoms with Crippen molar-refractivity contribution in [1.82, 2.24) is 19.7 Å². The number of hydrogen-bond donors (Lipinski definition) is 1. The normalized spacial score (nSPS) is 15.8. The van der Waals surface area contributed by atoms with Gasteiger partial charge in [-0.25, -0.2) is 4.98 Å². The molecule has 1 aromatic carbocycles. The summed E-state index contributed by atoms with van der Waals surface area (Å²) in [7, 11) is 0. The predicted molar refractivity (Wildman–Crippen MR) is 116 cm³/mol. The fraction of sp³-hybridized carbons (Fsp3) is 0.318. The minimum absolute atomic E-state index is 0.0183. The average Bonchev–Trinajstić information content (AvgIpc) is 3.33. The largest absolute Gasteiger partial charge is 0.365 e. The molecule has 4 rings (SSSR count). The maximum Gasteiger partial charge on any atom is 0.287 e. The summed E-state index contributed by atoms with van der Waals surface area (Å²) in [4.78, 5) is 29.4. The maximum atomic E-state index is 13.2. The van der Waals surface area contributed by atoms with Crippen molar-refractivity contribution in [3.63, 3.8) is 0 Å². The Morgan fingerprint density at radius 2 is 2.00 bits per heavy atom. The van der Waals surface area contributed by atoms with Crippen molar-refractivity contribution < 1.29 is 9.72 Å². The van der Waals surface area contributed by atoms with E-state index in [1.165, 1.54) is 12.3 Å². The minimum atomic E-state index is -0.477. The molecule has 0 aliphatic carbocycles. The smallest absolute Gasteiger partial charge is 0.287 e. The van der Waals surface area contributed by atoms with Crippen LogP contribution in [0.2, 0.25) is 0 Å². The third-order valence-electron chi connectivity index (χ3n) is 5.56. The van der Waals surface area contributed by atoms with E-state index < -0.39 is 4.92 Å². The highest BCUT2D eigenvalue weighted by molar-refractivity contribution is 5.96. The number of amides is 1. The van der Waals surface area contributed by atoms with Crippen molar-refractivity contribution in [3.05, 3.63) is 81.3 Å². The molecule has 0 spiro atoms. The summed E-state index contributed by atoms with van der Waals surface area (Å²) >= 11 is 0. The van der Waals surface area contributed by atoms with Crippen LogP contribution >= 0.6 is 0 Å². The summed E-state index contributed by atoms with van der Waals surface area (Å²) in [5.41, 5.74) is 3.33. The molecule has 0 bridgehead atoms. The lowest BCUT2D eigenvalue weighted by Crippen LogP contribution is -2.32. The molecule has 1 amide bonds. The second kappa shape index (κ2) is 8.55. The van der Waals surface area contributed by atoms with Gasteiger partial charge in [0, 0.05) is 30.9 Å². The lowest BCUT2D eigenvalue weighted by Gasteiger charge is -2.18. The van der Waals surface area contributed by atoms with Crippen molar-refractivity contribution >= 4 is 17.4 Å². The number of anilines is 1. The first-order chi connectivity index (χ1) is 14.9. The van der Waals surface area contributed by atoms with Gasteiger partial charge in [-0.1, -0.05) is 30.3 Å². The van der Waals surface area contributed by atoms with E-state index in [0.717, 1.165) is 23.4 Å². The van der Waals surface area contributed by atoms with Crippen molar-refractivity contribution in [2.75, 3.05) is 18.4 Å². The Bertz CT molecular complexity index is 1090. The monoisotopic (exact) mass is 420 g/mol. The minimum Gasteiger partial charge on any atom is -0.365 e. The Balaban J connectivity index is 1.42. The van der Waals surface area contributed by atoms with Crippen LogP contribution in [0.4, 0.5) is 11.5 Å². The SMILES string of the molecule is Cc1nn(Cc2ccccc2)c(C)c1C(=O)N1CCC(Nc2ccc([N+](=O)[O-])cn2)C1. The topological polar surface area (TPSA) is 106 Å². The Labute approximate surface area is 179 Å². The third kappa shape index (κ3) is 4.40. The highest BCUT2D eigenvalue weighted by atomic mass is 16.6. The first-order valence-electron chi connectivity index (χ1n) is 10.2. The van der Waals surface area contributed by atoms with Gasteiger partial charge in [-0.2, -0.15) is 5.10 Å². The molecule has 160 valence electrons. The van der Waals surface area contributed by atoms with E-state index in [-0.39, 0.29) is 17.6 Å². The molecule has 3 heterocycles. The molecular weight excluding hydrogens is 396 g/mol. The summed E-state index contributed by atoms with van der Waals surface area (Å²) in [5, 5.41) is 18.6. The van der Waals surface area contributed by atoms with Crippen LogP contribution in [0, 0.1) is 24.0 Å². The standard InChI is InChI=1S/C22H24N6O3/c1-15-21(16(2)27(25-15)13-17-6-4-3-5-7-17)22(29)26-11-10-18(14-26)24-20-9-8-19(12-23-20)28(30)31/h3-9,12,18H,10-11,13-14H2,1-2H3,(H,23,24). The van der Waals surface area contributed by atoms with E-state index in [1.807, 2.05) is 53.8 Å². The van der Waals surface area contributed by atoms with Gasteiger partial charge in [0.25, 0.3) is 11.6 Å². The summed E-state index contributed by atoms with van der Waals surface area (Å²) < 4.78 is 1.88. The van der Waals surface area contributed by atoms with Gasteiger partial charge in [0.1, 0.15) is 12.0 Å². The number of aromatic nitrogens is 3. The van der Waals surface area contributed by atoms with E-state index in [2.05, 4.69) is 15.4 Å². The number of carbonyl (C=O) groups is 1. The van der Waals surface area contributed by atoms with Gasteiger partial charge in [-0.15, -0.1) is 0 Å². The number of pyridine rings is 1. The van der Waals surface area contributed by atoms with E-state index in [0.29, 0.717) is 31.0 Å². The molecule has 9 heteroatoms. The van der Waals surface area contributed by atoms with E-state index in [9.17, 15) is 14.9 Å². The molecule has 1 aliphatic heterocycles. The Morgan fingerprint density at radius 3 is 2.68 bits per heavy atom. The van der Waals surface area contributed by atoms with Crippen molar-refractivity contribution in [2.24, 2.45) is 0 Å². The number of nitrogens with zero attached hydrogens (tertiary/aromatic N) is 5. The van der Waals surface area contributed by atoms with Crippen LogP contribution in [0.5, 0.6) is 0 Å². The molecule has 1 saturated heterocycles. The van der Waals surface area contributed by atoms with Crippen LogP contribution in [0.25, 0.3) is 0 Å². The summed E-state index contributed by atoms with van der Waals surface area (Å²) in [5.74, 6) is 0.545. The van der Waals surface area contributed by atoms with Gasteiger partial charge in [-0.05, 0) is 31.9 Å². The number of benzene rings is 1. The molecule has 1 atom stereocenters. The lowest BCUT2D eigenvalue weighted by molar-refractivity contribution is -0.385. The van der Waals surface area contributed by atoms with Crippen LogP contribution < -0.4 is 5.32 Å². The number of carbonyl (C=O) groups excluding carboxylic acids is 1. The van der Waals surface area contributed by atoms with Gasteiger partial charge in [0.2, 0.25) is 0 Å². The van der Waals surface area contributed by atoms with Crippen molar-refractivity contribution in [2.45, 2.75) is 32.9 Å². The maximum absolute atomic E-state index is 13.2. The molecule has 9 nitrogen and oxygen atoms in total. The zero-order valence-corrected chi connectivity index (χ0v) is 17.5. The molecule has 1 fully saturated rings. The number of aryl methyl sites for hydroxylation is 1. The Kier molecular flexibility index (Phi) is 5.66. The second-order valence-electron chi connectivity index (χ2n) is 7.73. The summed E-state index contributed by atoms with van der Waals surface area (Å²) in [6.07, 6.45) is 2.01. The van der Waals surface area contributed by atoms with Gasteiger partial charge in [0.05, 0.1) is 22.7 Å². The van der Waals surface area contributed by atoms with Gasteiger partial charge >= 0.3 is 0 Å². The summed E-state index contributed by atoms with van der Waals surface area (Å²) in [6.45, 7) is 5.60. The van der Waals surface area contributed by atoms with Crippen LogP contribution in [-0.4, -0.2) is 49.6 Å². The van der Waals surface area contributed by atoms with Crippen LogP contribution in [0.15, 0.2) is 48.7 Å². The predicted octanol–water partition coefficient (Wildman–Crippen LogP) is 3.18. The highest BCUT2D eigenvalue weighted by Gasteiger charge is 2.30. The first-order valence-corrected chi connectivity index (χ1v) is 10.2. The fourth-order valence-electron chi connectivity index (χ4n) is 3.93. The number of likely N-dealkylation sites (tertiary alicyclic amines) is 1.